The minimum Gasteiger partial charge on any atom is -0.484 e. The number of nitrogens with zero attached hydrogens (tertiary/aromatic N) is 3. The van der Waals surface area contributed by atoms with Crippen LogP contribution in [-0.4, -0.2) is 27.1 Å². The van der Waals surface area contributed by atoms with Gasteiger partial charge in [0.25, 0.3) is 5.91 Å². The first-order valence-electron chi connectivity index (χ1n) is 7.52. The number of aromatic nitrogens is 3. The van der Waals surface area contributed by atoms with Crippen molar-refractivity contribution in [3.05, 3.63) is 59.0 Å². The molecule has 3 aromatic rings. The second-order valence-electron chi connectivity index (χ2n) is 5.48. The number of nitrogens with one attached hydrogen (secondary N) is 1. The molecule has 0 unspecified atom stereocenters. The zero-order valence-corrected chi connectivity index (χ0v) is 14.1. The summed E-state index contributed by atoms with van der Waals surface area (Å²) in [5, 5.41) is 11.7. The molecule has 0 fully saturated rings. The van der Waals surface area contributed by atoms with E-state index in [2.05, 4.69) is 15.5 Å². The SMILES string of the molecule is Cc1cc(OCC(=O)N[C@@H](C)c2nnc3ccccn23)ccc1Cl. The lowest BCUT2D eigenvalue weighted by Gasteiger charge is -2.13. The third-order valence-corrected chi connectivity index (χ3v) is 4.03. The Kier molecular flexibility index (Phi) is 4.66. The van der Waals surface area contributed by atoms with E-state index in [1.165, 1.54) is 0 Å². The molecule has 1 aromatic carbocycles. The molecule has 6 nitrogen and oxygen atoms in total. The highest BCUT2D eigenvalue weighted by molar-refractivity contribution is 6.31. The van der Waals surface area contributed by atoms with Crippen LogP contribution in [0.5, 0.6) is 5.75 Å². The van der Waals surface area contributed by atoms with Gasteiger partial charge in [-0.15, -0.1) is 10.2 Å². The maximum absolute atomic E-state index is 12.1. The Morgan fingerprint density at radius 2 is 2.17 bits per heavy atom. The Morgan fingerprint density at radius 1 is 1.33 bits per heavy atom. The highest BCUT2D eigenvalue weighted by Gasteiger charge is 2.16. The number of carbonyl (C=O) groups excluding carboxylic acids is 1. The standard InChI is InChI=1S/C17H17ClN4O2/c1-11-9-13(6-7-14(11)18)24-10-16(23)19-12(2)17-21-20-15-5-3-4-8-22(15)17/h3-9,12H,10H2,1-2H3,(H,19,23)/t12-/m0/s1. The first-order chi connectivity index (χ1) is 11.5. The van der Waals surface area contributed by atoms with Crippen molar-refractivity contribution in [1.82, 2.24) is 19.9 Å². The summed E-state index contributed by atoms with van der Waals surface area (Å²) >= 11 is 5.97. The lowest BCUT2D eigenvalue weighted by atomic mass is 10.2. The molecule has 0 bridgehead atoms. The van der Waals surface area contributed by atoms with Gasteiger partial charge in [-0.05, 0) is 49.7 Å². The zero-order valence-electron chi connectivity index (χ0n) is 13.4. The second-order valence-corrected chi connectivity index (χ2v) is 5.88. The summed E-state index contributed by atoms with van der Waals surface area (Å²) in [5.74, 6) is 1.04. The van der Waals surface area contributed by atoms with Crippen LogP contribution in [0.15, 0.2) is 42.6 Å². The minimum absolute atomic E-state index is 0.0812. The topological polar surface area (TPSA) is 68.5 Å². The maximum atomic E-state index is 12.1. The fraction of sp³-hybridized carbons (Fsp3) is 0.235. The van der Waals surface area contributed by atoms with Crippen molar-refractivity contribution in [2.75, 3.05) is 6.61 Å². The number of ether oxygens (including phenoxy) is 1. The van der Waals surface area contributed by atoms with Crippen molar-refractivity contribution >= 4 is 23.2 Å². The third kappa shape index (κ3) is 3.49. The van der Waals surface area contributed by atoms with Crippen LogP contribution in [0.2, 0.25) is 5.02 Å². The average molecular weight is 345 g/mol. The molecule has 3 rings (SSSR count). The Bertz CT molecular complexity index is 878. The fourth-order valence-electron chi connectivity index (χ4n) is 2.36. The van der Waals surface area contributed by atoms with Gasteiger partial charge >= 0.3 is 0 Å². The molecule has 0 saturated heterocycles. The lowest BCUT2D eigenvalue weighted by molar-refractivity contribution is -0.123. The molecular formula is C17H17ClN4O2. The Hall–Kier alpha value is -2.60. The van der Waals surface area contributed by atoms with Gasteiger partial charge < -0.3 is 10.1 Å². The smallest absolute Gasteiger partial charge is 0.258 e. The number of benzene rings is 1. The summed E-state index contributed by atoms with van der Waals surface area (Å²) in [6, 6.07) is 10.6. The van der Waals surface area contributed by atoms with E-state index in [1.54, 1.807) is 18.2 Å². The third-order valence-electron chi connectivity index (χ3n) is 3.60. The van der Waals surface area contributed by atoms with Crippen molar-refractivity contribution in [3.63, 3.8) is 0 Å². The lowest BCUT2D eigenvalue weighted by Crippen LogP contribution is -2.32. The van der Waals surface area contributed by atoms with Crippen molar-refractivity contribution in [1.29, 1.82) is 0 Å². The molecule has 0 radical (unpaired) electrons. The van der Waals surface area contributed by atoms with E-state index in [0.29, 0.717) is 16.6 Å². The fourth-order valence-corrected chi connectivity index (χ4v) is 2.48. The van der Waals surface area contributed by atoms with Crippen molar-refractivity contribution < 1.29 is 9.53 Å². The normalized spacial score (nSPS) is 12.1. The molecule has 1 amide bonds. The summed E-state index contributed by atoms with van der Waals surface area (Å²) < 4.78 is 7.34. The molecule has 0 saturated carbocycles. The zero-order chi connectivity index (χ0) is 17.1. The molecule has 0 aliphatic heterocycles. The number of aryl methyl sites for hydroxylation is 1. The number of amides is 1. The quantitative estimate of drug-likeness (QED) is 0.772. The molecule has 2 aromatic heterocycles. The van der Waals surface area contributed by atoms with Crippen LogP contribution in [0.4, 0.5) is 0 Å². The number of pyridine rings is 1. The van der Waals surface area contributed by atoms with E-state index in [1.807, 2.05) is 42.6 Å². The monoisotopic (exact) mass is 344 g/mol. The number of hydrogen-bond acceptors (Lipinski definition) is 4. The van der Waals surface area contributed by atoms with Crippen LogP contribution in [-0.2, 0) is 4.79 Å². The molecule has 2 heterocycles. The molecule has 1 N–H and O–H groups in total. The van der Waals surface area contributed by atoms with Gasteiger partial charge in [0.15, 0.2) is 18.1 Å². The van der Waals surface area contributed by atoms with Crippen molar-refractivity contribution in [3.8, 4) is 5.75 Å². The predicted octanol–water partition coefficient (Wildman–Crippen LogP) is 2.95. The summed E-state index contributed by atoms with van der Waals surface area (Å²) in [6.07, 6.45) is 1.86. The van der Waals surface area contributed by atoms with Crippen LogP contribution in [0.1, 0.15) is 24.4 Å². The molecule has 0 aliphatic rings. The highest BCUT2D eigenvalue weighted by Crippen LogP contribution is 2.21. The Balaban J connectivity index is 1.61. The number of hydrogen-bond donors (Lipinski definition) is 1. The average Bonchev–Trinajstić information content (AvgIpc) is 3.00. The Labute approximate surface area is 144 Å². The summed E-state index contributed by atoms with van der Waals surface area (Å²) in [7, 11) is 0. The van der Waals surface area contributed by atoms with Crippen molar-refractivity contribution in [2.45, 2.75) is 19.9 Å². The van der Waals surface area contributed by atoms with Gasteiger partial charge in [0.05, 0.1) is 6.04 Å². The summed E-state index contributed by atoms with van der Waals surface area (Å²) in [6.45, 7) is 3.66. The molecule has 24 heavy (non-hydrogen) atoms. The molecule has 0 spiro atoms. The molecule has 1 atom stereocenters. The first-order valence-corrected chi connectivity index (χ1v) is 7.90. The minimum atomic E-state index is -0.287. The van der Waals surface area contributed by atoms with Gasteiger partial charge in [-0.25, -0.2) is 0 Å². The number of fused-ring (bicyclic) bond motifs is 1. The molecule has 7 heteroatoms. The largest absolute Gasteiger partial charge is 0.484 e. The van der Waals surface area contributed by atoms with Gasteiger partial charge in [-0.2, -0.15) is 0 Å². The van der Waals surface area contributed by atoms with Crippen LogP contribution in [0, 0.1) is 6.92 Å². The summed E-state index contributed by atoms with van der Waals surface area (Å²) in [4.78, 5) is 12.1. The van der Waals surface area contributed by atoms with Gasteiger partial charge in [0, 0.05) is 11.2 Å². The van der Waals surface area contributed by atoms with Crippen molar-refractivity contribution in [2.24, 2.45) is 0 Å². The second kappa shape index (κ2) is 6.88. The van der Waals surface area contributed by atoms with E-state index < -0.39 is 0 Å². The molecule has 0 aliphatic carbocycles. The van der Waals surface area contributed by atoms with E-state index >= 15 is 0 Å². The highest BCUT2D eigenvalue weighted by atomic mass is 35.5. The van der Waals surface area contributed by atoms with Crippen LogP contribution >= 0.6 is 11.6 Å². The van der Waals surface area contributed by atoms with E-state index in [0.717, 1.165) is 11.2 Å². The van der Waals surface area contributed by atoms with Gasteiger partial charge in [-0.1, -0.05) is 17.7 Å². The van der Waals surface area contributed by atoms with E-state index in [4.69, 9.17) is 16.3 Å². The van der Waals surface area contributed by atoms with E-state index in [9.17, 15) is 4.79 Å². The molecular weight excluding hydrogens is 328 g/mol. The maximum Gasteiger partial charge on any atom is 0.258 e. The Morgan fingerprint density at radius 3 is 2.96 bits per heavy atom. The van der Waals surface area contributed by atoms with Crippen LogP contribution in [0.25, 0.3) is 5.65 Å². The number of halogens is 1. The first kappa shape index (κ1) is 16.3. The predicted molar refractivity (Wildman–Crippen MR) is 91.2 cm³/mol. The van der Waals surface area contributed by atoms with Crippen LogP contribution < -0.4 is 10.1 Å². The van der Waals surface area contributed by atoms with Crippen LogP contribution in [0.3, 0.4) is 0 Å². The number of carbonyl (C=O) groups is 1. The van der Waals surface area contributed by atoms with Gasteiger partial charge in [0.1, 0.15) is 5.75 Å². The van der Waals surface area contributed by atoms with E-state index in [-0.39, 0.29) is 18.6 Å². The summed E-state index contributed by atoms with van der Waals surface area (Å²) in [5.41, 5.74) is 1.64. The van der Waals surface area contributed by atoms with Gasteiger partial charge in [0.2, 0.25) is 0 Å². The van der Waals surface area contributed by atoms with Gasteiger partial charge in [-0.3, -0.25) is 9.20 Å². The number of rotatable bonds is 5. The molecule has 124 valence electrons.